The topological polar surface area (TPSA) is 16.3 Å². The van der Waals surface area contributed by atoms with Gasteiger partial charge in [-0.05, 0) is 136 Å². The molecule has 3 aliphatic carbocycles. The van der Waals surface area contributed by atoms with Crippen molar-refractivity contribution in [1.29, 1.82) is 0 Å². The van der Waals surface area contributed by atoms with Crippen LogP contribution in [0.4, 0.5) is 28.4 Å². The number of rotatable bonds is 13. The third-order valence-corrected chi connectivity index (χ3v) is 34.1. The first-order chi connectivity index (χ1) is 50.6. The number of benzene rings is 11. The van der Waals surface area contributed by atoms with Crippen molar-refractivity contribution in [1.82, 2.24) is 9.13 Å². The Hall–Kier alpha value is -8.45. The molecule has 3 saturated carbocycles. The number of anilines is 5. The lowest BCUT2D eigenvalue weighted by molar-refractivity contribution is 0.0839. The van der Waals surface area contributed by atoms with Crippen molar-refractivity contribution in [3.8, 4) is 44.8 Å². The molecule has 9 heteroatoms. The molecule has 2 unspecified atom stereocenters. The first-order valence-corrected chi connectivity index (χ1v) is 54.2. The van der Waals surface area contributed by atoms with Gasteiger partial charge in [0.15, 0.2) is 0 Å². The van der Waals surface area contributed by atoms with Gasteiger partial charge < -0.3 is 18.9 Å². The van der Waals surface area contributed by atoms with Crippen molar-refractivity contribution in [2.45, 2.75) is 168 Å². The van der Waals surface area contributed by atoms with Crippen LogP contribution in [0, 0.1) is 23.7 Å². The number of hydrogen-bond acceptors (Lipinski definition) is 2. The summed E-state index contributed by atoms with van der Waals surface area (Å²) < 4.78 is 5.34. The quantitative estimate of drug-likeness (QED) is 0.107. The SMILES string of the molecule is C[Si](C)(C)c1ccc2c(c1)c1cc([Si](C)(C)C)ccc1n2-c1ccc2c(c1)N(c1c(-c3ccccc3)cccc1-c1ccccc1)c1cc(-c3ccccc3)cc3c1B2c1ccc(-n2c4ccc([Si](C)(C)C)cc4c4cc([Si](C)(C)C)ccc42)cc1N3C1C(C2CCCCC2)CCCC1C1CCCCC1. The van der Waals surface area contributed by atoms with Crippen LogP contribution in [0.1, 0.15) is 83.5 Å². The van der Waals surface area contributed by atoms with Crippen LogP contribution in [0.2, 0.25) is 78.6 Å². The van der Waals surface area contributed by atoms with E-state index in [9.17, 15) is 0 Å². The van der Waals surface area contributed by atoms with Gasteiger partial charge in [-0.25, -0.2) is 0 Å². The second-order valence-electron chi connectivity index (χ2n) is 36.5. The third-order valence-electron chi connectivity index (χ3n) is 25.9. The molecule has 0 radical (unpaired) electrons. The molecule has 2 atom stereocenters. The molecule has 18 rings (SSSR count). The van der Waals surface area contributed by atoms with Crippen molar-refractivity contribution in [3.05, 3.63) is 231 Å². The molecule has 2 aromatic heterocycles. The van der Waals surface area contributed by atoms with Gasteiger partial charge in [-0.1, -0.05) is 340 Å². The van der Waals surface area contributed by atoms with Gasteiger partial charge in [-0.3, -0.25) is 0 Å². The van der Waals surface area contributed by atoms with E-state index in [2.05, 4.69) is 328 Å². The Balaban J connectivity index is 0.984. The van der Waals surface area contributed by atoms with Gasteiger partial charge in [-0.15, -0.1) is 0 Å². The minimum absolute atomic E-state index is 0.0946. The highest BCUT2D eigenvalue weighted by Gasteiger charge is 2.51. The van der Waals surface area contributed by atoms with Crippen LogP contribution in [0.3, 0.4) is 0 Å². The summed E-state index contributed by atoms with van der Waals surface area (Å²) in [4.78, 5) is 5.97. The molecule has 4 heterocycles. The van der Waals surface area contributed by atoms with Gasteiger partial charge in [0.2, 0.25) is 0 Å². The number of para-hydroxylation sites is 1. The molecule has 4 nitrogen and oxygen atoms in total. The molecule has 0 spiro atoms. The van der Waals surface area contributed by atoms with Gasteiger partial charge in [0.1, 0.15) is 0 Å². The zero-order valence-electron chi connectivity index (χ0n) is 64.4. The van der Waals surface area contributed by atoms with Crippen molar-refractivity contribution >= 4 is 148 Å². The van der Waals surface area contributed by atoms with E-state index in [4.69, 9.17) is 0 Å². The van der Waals surface area contributed by atoms with E-state index in [-0.39, 0.29) is 6.71 Å². The first kappa shape index (κ1) is 68.4. The second kappa shape index (κ2) is 26.2. The summed E-state index contributed by atoms with van der Waals surface area (Å²) in [5.74, 6) is 2.52. The maximum Gasteiger partial charge on any atom is 0.252 e. The molecule has 528 valence electrons. The standard InChI is InChI=1S/C96H105BN4Si4/c1-102(2,3)72-46-52-86-80(60-72)81-61-73(103(4,5)6)47-53-87(81)98(86)70-44-50-84-90(58-70)100(95-76(65-32-20-14-21-33-65)40-28-41-77(95)66-34-22-15-23-35-66)92-56-69(64-30-18-13-19-31-64)57-93-94(92)97(84)85-51-45-71(99-88-54-48-74(104(7,8)9)62-82(88)83-63-75(105(10,11)12)49-55-89(83)99)59-91(85)101(93)96-78(67-36-24-16-25-37-67)42-29-43-79(96)68-38-26-17-27-39-68/h13-15,18-23,28,30-35,40-41,44-63,67-68,78-79,96H,16-17,24-27,29,36-39,42-43H2,1-12H3. The molecule has 3 fully saturated rings. The van der Waals surface area contributed by atoms with Crippen LogP contribution in [0.25, 0.3) is 88.4 Å². The zero-order valence-corrected chi connectivity index (χ0v) is 68.4. The fraction of sp³-hybridized carbons (Fsp3) is 0.312. The van der Waals surface area contributed by atoms with E-state index in [0.717, 1.165) is 0 Å². The van der Waals surface area contributed by atoms with E-state index in [1.165, 1.54) is 237 Å². The number of aromatic nitrogens is 2. The lowest BCUT2D eigenvalue weighted by Crippen LogP contribution is -2.64. The molecular weight excluding hydrogens is 1330 g/mol. The summed E-state index contributed by atoms with van der Waals surface area (Å²) in [6.45, 7) is 30.0. The van der Waals surface area contributed by atoms with Gasteiger partial charge >= 0.3 is 0 Å². The van der Waals surface area contributed by atoms with E-state index in [0.29, 0.717) is 29.7 Å². The zero-order chi connectivity index (χ0) is 72.0. The number of hydrogen-bond donors (Lipinski definition) is 0. The molecule has 0 saturated heterocycles. The van der Waals surface area contributed by atoms with Crippen molar-refractivity contribution in [2.24, 2.45) is 23.7 Å². The Kier molecular flexibility index (Phi) is 17.1. The van der Waals surface area contributed by atoms with Gasteiger partial charge in [0.05, 0.1) is 60.0 Å². The fourth-order valence-corrected chi connectivity index (χ4v) is 25.0. The number of nitrogens with zero attached hydrogens (tertiary/aromatic N) is 4. The van der Waals surface area contributed by atoms with E-state index < -0.39 is 32.3 Å². The maximum atomic E-state index is 3.15. The van der Waals surface area contributed by atoms with Crippen LogP contribution < -0.4 is 46.9 Å². The average Bonchev–Trinajstić information content (AvgIpc) is 1.14. The summed E-state index contributed by atoms with van der Waals surface area (Å²) >= 11 is 0. The lowest BCUT2D eigenvalue weighted by Gasteiger charge is -2.55. The molecular formula is C96H105BN4Si4. The van der Waals surface area contributed by atoms with Crippen LogP contribution in [-0.2, 0) is 0 Å². The largest absolute Gasteiger partial charge is 0.339 e. The second-order valence-corrected chi connectivity index (χ2v) is 56.8. The van der Waals surface area contributed by atoms with Crippen molar-refractivity contribution < 1.29 is 0 Å². The monoisotopic (exact) mass is 1440 g/mol. The Morgan fingerprint density at radius 1 is 0.305 bits per heavy atom. The van der Waals surface area contributed by atoms with Crippen LogP contribution in [0.5, 0.6) is 0 Å². The van der Waals surface area contributed by atoms with Gasteiger partial charge in [-0.2, -0.15) is 0 Å². The van der Waals surface area contributed by atoms with Crippen molar-refractivity contribution in [2.75, 3.05) is 9.80 Å². The highest BCUT2D eigenvalue weighted by molar-refractivity contribution is 7.00. The molecule has 0 N–H and O–H groups in total. The first-order valence-electron chi connectivity index (χ1n) is 40.2. The Morgan fingerprint density at radius 2 is 0.686 bits per heavy atom. The highest BCUT2D eigenvalue weighted by Crippen LogP contribution is 2.55. The average molecular weight is 1440 g/mol. The number of fused-ring (bicyclic) bond motifs is 10. The minimum atomic E-state index is -1.71. The molecule has 2 aliphatic heterocycles. The van der Waals surface area contributed by atoms with E-state index in [1.807, 2.05) is 0 Å². The highest BCUT2D eigenvalue weighted by atomic mass is 28.3. The van der Waals surface area contributed by atoms with Crippen LogP contribution in [-0.4, -0.2) is 54.2 Å². The van der Waals surface area contributed by atoms with Gasteiger partial charge in [0.25, 0.3) is 6.71 Å². The maximum absolute atomic E-state index is 3.15. The Bertz CT molecular complexity index is 5290. The predicted molar refractivity (Wildman–Crippen MR) is 469 cm³/mol. The third kappa shape index (κ3) is 11.9. The molecule has 0 amide bonds. The molecule has 105 heavy (non-hydrogen) atoms. The molecule has 11 aromatic carbocycles. The summed E-state index contributed by atoms with van der Waals surface area (Å²) in [5, 5.41) is 11.5. The Morgan fingerprint density at radius 3 is 1.10 bits per heavy atom. The summed E-state index contributed by atoms with van der Waals surface area (Å²) in [6.07, 6.45) is 17.4. The summed E-state index contributed by atoms with van der Waals surface area (Å²) in [7, 11) is -6.79. The normalized spacial score (nSPS) is 18.3. The fourth-order valence-electron chi connectivity index (χ4n) is 20.4. The lowest BCUT2D eigenvalue weighted by atomic mass is 9.33. The molecule has 13 aromatic rings. The minimum Gasteiger partial charge on any atom is -0.339 e. The van der Waals surface area contributed by atoms with E-state index >= 15 is 0 Å². The Labute approximate surface area is 629 Å². The van der Waals surface area contributed by atoms with E-state index in [1.54, 1.807) is 0 Å². The molecule has 5 aliphatic rings. The van der Waals surface area contributed by atoms with Crippen molar-refractivity contribution in [3.63, 3.8) is 0 Å². The summed E-state index contributed by atoms with van der Waals surface area (Å²) in [6, 6.07) is 93.2. The smallest absolute Gasteiger partial charge is 0.252 e. The molecule has 0 bridgehead atoms. The summed E-state index contributed by atoms with van der Waals surface area (Å²) in [5.41, 5.74) is 25.8. The van der Waals surface area contributed by atoms with Crippen LogP contribution in [0.15, 0.2) is 231 Å². The van der Waals surface area contributed by atoms with Gasteiger partial charge in [0, 0.05) is 72.8 Å². The predicted octanol–water partition coefficient (Wildman–Crippen LogP) is 22.8. The van der Waals surface area contributed by atoms with Crippen LogP contribution >= 0.6 is 0 Å².